The lowest BCUT2D eigenvalue weighted by molar-refractivity contribution is -0.128. The quantitative estimate of drug-likeness (QED) is 0.592. The van der Waals surface area contributed by atoms with Crippen molar-refractivity contribution < 1.29 is 4.79 Å². The summed E-state index contributed by atoms with van der Waals surface area (Å²) in [4.78, 5) is 13.4. The standard InChI is InChI=1S/C10H17NO.C2H6/c1-8(2)10(12)11-6-4-5-9(3)7-11;1-2/h9H,1,4-7H2,2-3H3;1-2H3. The molecule has 1 unspecified atom stereocenters. The number of piperidine rings is 1. The van der Waals surface area contributed by atoms with E-state index in [0.717, 1.165) is 19.5 Å². The van der Waals surface area contributed by atoms with Gasteiger partial charge in [-0.2, -0.15) is 0 Å². The van der Waals surface area contributed by atoms with Crippen molar-refractivity contribution in [1.29, 1.82) is 0 Å². The van der Waals surface area contributed by atoms with E-state index in [4.69, 9.17) is 0 Å². The van der Waals surface area contributed by atoms with Gasteiger partial charge in [0.25, 0.3) is 0 Å². The largest absolute Gasteiger partial charge is 0.339 e. The summed E-state index contributed by atoms with van der Waals surface area (Å²) in [5.41, 5.74) is 0.657. The molecular formula is C12H23NO. The van der Waals surface area contributed by atoms with Gasteiger partial charge in [-0.3, -0.25) is 4.79 Å². The van der Waals surface area contributed by atoms with Gasteiger partial charge in [0.2, 0.25) is 5.91 Å². The Bertz CT molecular complexity index is 198. The number of amides is 1. The zero-order chi connectivity index (χ0) is 11.1. The fourth-order valence-electron chi connectivity index (χ4n) is 1.64. The molecule has 1 saturated heterocycles. The van der Waals surface area contributed by atoms with Crippen LogP contribution in [0.2, 0.25) is 0 Å². The maximum absolute atomic E-state index is 11.5. The van der Waals surface area contributed by atoms with E-state index >= 15 is 0 Å². The number of nitrogens with zero attached hydrogens (tertiary/aromatic N) is 1. The zero-order valence-electron chi connectivity index (χ0n) is 9.97. The molecule has 1 heterocycles. The van der Waals surface area contributed by atoms with Gasteiger partial charge in [0.05, 0.1) is 0 Å². The number of likely N-dealkylation sites (tertiary alicyclic amines) is 1. The maximum atomic E-state index is 11.5. The molecule has 0 saturated carbocycles. The second kappa shape index (κ2) is 6.63. The van der Waals surface area contributed by atoms with Crippen molar-refractivity contribution in [2.45, 2.75) is 40.5 Å². The van der Waals surface area contributed by atoms with Gasteiger partial charge in [-0.25, -0.2) is 0 Å². The molecule has 0 spiro atoms. The van der Waals surface area contributed by atoms with E-state index in [1.807, 2.05) is 18.7 Å². The highest BCUT2D eigenvalue weighted by Crippen LogP contribution is 2.16. The molecule has 0 aromatic heterocycles. The predicted octanol–water partition coefficient (Wildman–Crippen LogP) is 2.85. The van der Waals surface area contributed by atoms with Gasteiger partial charge in [-0.05, 0) is 25.7 Å². The lowest BCUT2D eigenvalue weighted by Gasteiger charge is -2.30. The lowest BCUT2D eigenvalue weighted by Crippen LogP contribution is -2.39. The third-order valence-electron chi connectivity index (χ3n) is 2.31. The molecule has 82 valence electrons. The molecule has 2 nitrogen and oxygen atoms in total. The number of hydrogen-bond acceptors (Lipinski definition) is 1. The Balaban J connectivity index is 0.000000791. The third-order valence-corrected chi connectivity index (χ3v) is 2.31. The number of hydrogen-bond donors (Lipinski definition) is 0. The zero-order valence-corrected chi connectivity index (χ0v) is 9.97. The summed E-state index contributed by atoms with van der Waals surface area (Å²) in [6.07, 6.45) is 2.39. The van der Waals surface area contributed by atoms with Crippen LogP contribution >= 0.6 is 0 Å². The minimum Gasteiger partial charge on any atom is -0.339 e. The smallest absolute Gasteiger partial charge is 0.248 e. The first kappa shape index (κ1) is 13.2. The third kappa shape index (κ3) is 3.95. The summed E-state index contributed by atoms with van der Waals surface area (Å²) in [5.74, 6) is 0.781. The van der Waals surface area contributed by atoms with Gasteiger partial charge in [-0.1, -0.05) is 27.4 Å². The fraction of sp³-hybridized carbons (Fsp3) is 0.750. The van der Waals surface area contributed by atoms with Crippen LogP contribution in [0.1, 0.15) is 40.5 Å². The van der Waals surface area contributed by atoms with E-state index in [1.165, 1.54) is 6.42 Å². The van der Waals surface area contributed by atoms with Crippen molar-refractivity contribution in [3.05, 3.63) is 12.2 Å². The molecule has 1 atom stereocenters. The van der Waals surface area contributed by atoms with Crippen LogP contribution in [0.3, 0.4) is 0 Å². The molecule has 0 aliphatic carbocycles. The first-order valence-electron chi connectivity index (χ1n) is 5.56. The van der Waals surface area contributed by atoms with E-state index in [-0.39, 0.29) is 5.91 Å². The van der Waals surface area contributed by atoms with Crippen LogP contribution in [0.15, 0.2) is 12.2 Å². The van der Waals surface area contributed by atoms with Gasteiger partial charge in [0.1, 0.15) is 0 Å². The van der Waals surface area contributed by atoms with E-state index in [0.29, 0.717) is 11.5 Å². The molecule has 1 amide bonds. The predicted molar refractivity (Wildman–Crippen MR) is 61.1 cm³/mol. The molecule has 1 fully saturated rings. The second-order valence-electron chi connectivity index (χ2n) is 3.78. The highest BCUT2D eigenvalue weighted by molar-refractivity contribution is 5.92. The molecule has 0 N–H and O–H groups in total. The first-order valence-corrected chi connectivity index (χ1v) is 5.56. The highest BCUT2D eigenvalue weighted by atomic mass is 16.2. The van der Waals surface area contributed by atoms with Crippen molar-refractivity contribution in [3.63, 3.8) is 0 Å². The number of rotatable bonds is 1. The van der Waals surface area contributed by atoms with Crippen molar-refractivity contribution in [1.82, 2.24) is 4.90 Å². The van der Waals surface area contributed by atoms with E-state index in [1.54, 1.807) is 6.92 Å². The van der Waals surface area contributed by atoms with Crippen LogP contribution in [0, 0.1) is 5.92 Å². The Kier molecular flexibility index (Phi) is 6.26. The Hall–Kier alpha value is -0.790. The molecule has 1 rings (SSSR count). The monoisotopic (exact) mass is 197 g/mol. The summed E-state index contributed by atoms with van der Waals surface area (Å²) in [5, 5.41) is 0. The lowest BCUT2D eigenvalue weighted by atomic mass is 10.00. The topological polar surface area (TPSA) is 20.3 Å². The molecule has 2 heteroatoms. The average Bonchev–Trinajstić information content (AvgIpc) is 2.19. The van der Waals surface area contributed by atoms with Crippen LogP contribution < -0.4 is 0 Å². The summed E-state index contributed by atoms with van der Waals surface area (Å²) in [6.45, 7) is 13.5. The van der Waals surface area contributed by atoms with Gasteiger partial charge in [0, 0.05) is 18.7 Å². The minimum absolute atomic E-state index is 0.126. The molecule has 1 aliphatic rings. The molecule has 1 aliphatic heterocycles. The van der Waals surface area contributed by atoms with E-state index < -0.39 is 0 Å². The summed E-state index contributed by atoms with van der Waals surface area (Å²) in [6, 6.07) is 0. The van der Waals surface area contributed by atoms with Crippen molar-refractivity contribution in [3.8, 4) is 0 Å². The summed E-state index contributed by atoms with van der Waals surface area (Å²) in [7, 11) is 0. The SMILES string of the molecule is C=C(C)C(=O)N1CCCC(C)C1.CC. The fourth-order valence-corrected chi connectivity index (χ4v) is 1.64. The Morgan fingerprint density at radius 1 is 1.43 bits per heavy atom. The molecule has 0 bridgehead atoms. The first-order chi connectivity index (χ1) is 6.61. The molecule has 0 aromatic rings. The Morgan fingerprint density at radius 3 is 2.43 bits per heavy atom. The van der Waals surface area contributed by atoms with Gasteiger partial charge in [0.15, 0.2) is 0 Å². The Morgan fingerprint density at radius 2 is 2.00 bits per heavy atom. The van der Waals surface area contributed by atoms with Gasteiger partial charge < -0.3 is 4.90 Å². The summed E-state index contributed by atoms with van der Waals surface area (Å²) >= 11 is 0. The van der Waals surface area contributed by atoms with Crippen LogP contribution in [-0.4, -0.2) is 23.9 Å². The maximum Gasteiger partial charge on any atom is 0.248 e. The van der Waals surface area contributed by atoms with Crippen LogP contribution in [0.25, 0.3) is 0 Å². The van der Waals surface area contributed by atoms with Crippen molar-refractivity contribution in [2.75, 3.05) is 13.1 Å². The van der Waals surface area contributed by atoms with Crippen molar-refractivity contribution in [2.24, 2.45) is 5.92 Å². The minimum atomic E-state index is 0.126. The Labute approximate surface area is 88.0 Å². The molecule has 0 radical (unpaired) electrons. The number of carbonyl (C=O) groups excluding carboxylic acids is 1. The normalized spacial score (nSPS) is 20.9. The van der Waals surface area contributed by atoms with Crippen LogP contribution in [0.4, 0.5) is 0 Å². The molecule has 14 heavy (non-hydrogen) atoms. The average molecular weight is 197 g/mol. The summed E-state index contributed by atoms with van der Waals surface area (Å²) < 4.78 is 0. The highest BCUT2D eigenvalue weighted by Gasteiger charge is 2.20. The number of carbonyl (C=O) groups is 1. The molecule has 0 aromatic carbocycles. The van der Waals surface area contributed by atoms with Crippen LogP contribution in [-0.2, 0) is 4.79 Å². The van der Waals surface area contributed by atoms with Crippen molar-refractivity contribution >= 4 is 5.91 Å². The molecular weight excluding hydrogens is 174 g/mol. The van der Waals surface area contributed by atoms with E-state index in [9.17, 15) is 4.79 Å². The van der Waals surface area contributed by atoms with Gasteiger partial charge in [-0.15, -0.1) is 0 Å². The van der Waals surface area contributed by atoms with Gasteiger partial charge >= 0.3 is 0 Å². The van der Waals surface area contributed by atoms with Crippen LogP contribution in [0.5, 0.6) is 0 Å². The second-order valence-corrected chi connectivity index (χ2v) is 3.78. The van der Waals surface area contributed by atoms with E-state index in [2.05, 4.69) is 13.5 Å².